The Morgan fingerprint density at radius 2 is 2.24 bits per heavy atom. The number of hydrogen-bond acceptors (Lipinski definition) is 4. The Morgan fingerprint density at radius 1 is 1.43 bits per heavy atom. The standard InChI is InChI=1S/C16H24N2O3/c1-11(2)21-14-6-4-5-13(9-14)12(3)18-16(19)15-10-20-8-7-17-15/h4-6,9,11-12,15,17H,7-8,10H2,1-3H3,(H,18,19). The van der Waals surface area contributed by atoms with Crippen LogP contribution in [0.25, 0.3) is 0 Å². The molecule has 21 heavy (non-hydrogen) atoms. The molecule has 1 saturated heterocycles. The number of carbonyl (C=O) groups is 1. The molecule has 116 valence electrons. The fourth-order valence-electron chi connectivity index (χ4n) is 2.26. The van der Waals surface area contributed by atoms with Crippen molar-refractivity contribution in [2.75, 3.05) is 19.8 Å². The van der Waals surface area contributed by atoms with Crippen molar-refractivity contribution in [2.45, 2.75) is 39.0 Å². The van der Waals surface area contributed by atoms with Gasteiger partial charge in [-0.15, -0.1) is 0 Å². The first kappa shape index (κ1) is 15.8. The van der Waals surface area contributed by atoms with Gasteiger partial charge < -0.3 is 20.1 Å². The Hall–Kier alpha value is -1.59. The van der Waals surface area contributed by atoms with E-state index in [1.165, 1.54) is 0 Å². The zero-order chi connectivity index (χ0) is 15.2. The van der Waals surface area contributed by atoms with Crippen molar-refractivity contribution in [3.05, 3.63) is 29.8 Å². The molecule has 0 aliphatic carbocycles. The minimum Gasteiger partial charge on any atom is -0.491 e. The van der Waals surface area contributed by atoms with Crippen molar-refractivity contribution in [3.63, 3.8) is 0 Å². The van der Waals surface area contributed by atoms with Crippen molar-refractivity contribution in [2.24, 2.45) is 0 Å². The molecule has 2 N–H and O–H groups in total. The van der Waals surface area contributed by atoms with E-state index in [1.54, 1.807) is 0 Å². The molecular weight excluding hydrogens is 268 g/mol. The monoisotopic (exact) mass is 292 g/mol. The molecule has 2 unspecified atom stereocenters. The summed E-state index contributed by atoms with van der Waals surface area (Å²) in [4.78, 5) is 12.2. The fourth-order valence-corrected chi connectivity index (χ4v) is 2.26. The highest BCUT2D eigenvalue weighted by Crippen LogP contribution is 2.20. The lowest BCUT2D eigenvalue weighted by Crippen LogP contribution is -2.51. The van der Waals surface area contributed by atoms with Gasteiger partial charge in [0.1, 0.15) is 11.8 Å². The topological polar surface area (TPSA) is 59.6 Å². The second kappa shape index (κ2) is 7.43. The van der Waals surface area contributed by atoms with Crippen LogP contribution in [-0.4, -0.2) is 37.8 Å². The number of rotatable bonds is 5. The lowest BCUT2D eigenvalue weighted by molar-refractivity contribution is -0.126. The number of morpholine rings is 1. The molecule has 5 heteroatoms. The van der Waals surface area contributed by atoms with Gasteiger partial charge >= 0.3 is 0 Å². The van der Waals surface area contributed by atoms with E-state index >= 15 is 0 Å². The molecule has 1 aromatic carbocycles. The molecule has 2 atom stereocenters. The van der Waals surface area contributed by atoms with E-state index in [2.05, 4.69) is 10.6 Å². The van der Waals surface area contributed by atoms with Crippen molar-refractivity contribution in [1.29, 1.82) is 0 Å². The smallest absolute Gasteiger partial charge is 0.240 e. The third-order valence-electron chi connectivity index (χ3n) is 3.33. The number of amides is 1. The van der Waals surface area contributed by atoms with E-state index in [0.29, 0.717) is 19.8 Å². The van der Waals surface area contributed by atoms with Crippen molar-refractivity contribution >= 4 is 5.91 Å². The molecule has 5 nitrogen and oxygen atoms in total. The summed E-state index contributed by atoms with van der Waals surface area (Å²) in [7, 11) is 0. The van der Waals surface area contributed by atoms with Crippen LogP contribution in [0.15, 0.2) is 24.3 Å². The molecule has 1 fully saturated rings. The van der Waals surface area contributed by atoms with Gasteiger partial charge in [0.15, 0.2) is 0 Å². The summed E-state index contributed by atoms with van der Waals surface area (Å²) >= 11 is 0. The summed E-state index contributed by atoms with van der Waals surface area (Å²) in [5.74, 6) is 0.792. The van der Waals surface area contributed by atoms with Gasteiger partial charge in [-0.2, -0.15) is 0 Å². The third kappa shape index (κ3) is 4.72. The molecule has 0 aromatic heterocycles. The molecule has 0 radical (unpaired) electrons. The maximum absolute atomic E-state index is 12.2. The van der Waals surface area contributed by atoms with Crippen LogP contribution in [-0.2, 0) is 9.53 Å². The number of benzene rings is 1. The molecule has 0 bridgehead atoms. The van der Waals surface area contributed by atoms with Gasteiger partial charge in [0.25, 0.3) is 0 Å². The summed E-state index contributed by atoms with van der Waals surface area (Å²) in [6.45, 7) is 7.75. The SMILES string of the molecule is CC(C)Oc1cccc(C(C)NC(=O)C2COCCN2)c1. The zero-order valence-corrected chi connectivity index (χ0v) is 12.9. The maximum Gasteiger partial charge on any atom is 0.240 e. The van der Waals surface area contributed by atoms with Gasteiger partial charge in [0.05, 0.1) is 25.4 Å². The molecule has 1 amide bonds. The van der Waals surface area contributed by atoms with Crippen LogP contribution in [0.4, 0.5) is 0 Å². The highest BCUT2D eigenvalue weighted by Gasteiger charge is 2.22. The largest absolute Gasteiger partial charge is 0.491 e. The summed E-state index contributed by atoms with van der Waals surface area (Å²) < 4.78 is 11.0. The van der Waals surface area contributed by atoms with E-state index in [0.717, 1.165) is 11.3 Å². The van der Waals surface area contributed by atoms with Gasteiger partial charge in [-0.1, -0.05) is 12.1 Å². The van der Waals surface area contributed by atoms with Crippen molar-refractivity contribution in [3.8, 4) is 5.75 Å². The fraction of sp³-hybridized carbons (Fsp3) is 0.562. The van der Waals surface area contributed by atoms with Crippen molar-refractivity contribution < 1.29 is 14.3 Å². The predicted molar refractivity (Wildman–Crippen MR) is 81.4 cm³/mol. The van der Waals surface area contributed by atoms with Gasteiger partial charge in [0, 0.05) is 6.54 Å². The summed E-state index contributed by atoms with van der Waals surface area (Å²) in [6, 6.07) is 7.48. The lowest BCUT2D eigenvalue weighted by atomic mass is 10.1. The van der Waals surface area contributed by atoms with E-state index in [4.69, 9.17) is 9.47 Å². The van der Waals surface area contributed by atoms with Gasteiger partial charge in [-0.25, -0.2) is 0 Å². The summed E-state index contributed by atoms with van der Waals surface area (Å²) in [6.07, 6.45) is 0.133. The number of ether oxygens (including phenoxy) is 2. The Labute approximate surface area is 126 Å². The zero-order valence-electron chi connectivity index (χ0n) is 12.9. The van der Waals surface area contributed by atoms with Crippen LogP contribution in [0.2, 0.25) is 0 Å². The highest BCUT2D eigenvalue weighted by atomic mass is 16.5. The number of carbonyl (C=O) groups excluding carboxylic acids is 1. The van der Waals surface area contributed by atoms with Crippen LogP contribution in [0, 0.1) is 0 Å². The van der Waals surface area contributed by atoms with Crippen LogP contribution in [0.1, 0.15) is 32.4 Å². The highest BCUT2D eigenvalue weighted by molar-refractivity contribution is 5.82. The first-order valence-corrected chi connectivity index (χ1v) is 7.44. The first-order valence-electron chi connectivity index (χ1n) is 7.44. The van der Waals surface area contributed by atoms with Gasteiger partial charge in [-0.05, 0) is 38.5 Å². The molecule has 1 aromatic rings. The normalized spacial score (nSPS) is 20.1. The van der Waals surface area contributed by atoms with Crippen LogP contribution in [0.3, 0.4) is 0 Å². The average Bonchev–Trinajstić information content (AvgIpc) is 2.47. The van der Waals surface area contributed by atoms with Crippen molar-refractivity contribution in [1.82, 2.24) is 10.6 Å². The first-order chi connectivity index (χ1) is 10.1. The second-order valence-corrected chi connectivity index (χ2v) is 5.55. The second-order valence-electron chi connectivity index (χ2n) is 5.55. The lowest BCUT2D eigenvalue weighted by Gasteiger charge is -2.25. The Kier molecular flexibility index (Phi) is 5.59. The predicted octanol–water partition coefficient (Wildman–Crippen LogP) is 1.64. The number of nitrogens with one attached hydrogen (secondary N) is 2. The molecule has 2 rings (SSSR count). The Morgan fingerprint density at radius 3 is 2.90 bits per heavy atom. The Bertz CT molecular complexity index is 470. The molecule has 0 spiro atoms. The summed E-state index contributed by atoms with van der Waals surface area (Å²) in [5, 5.41) is 6.16. The quantitative estimate of drug-likeness (QED) is 0.866. The molecule has 1 aliphatic heterocycles. The van der Waals surface area contributed by atoms with Gasteiger partial charge in [-0.3, -0.25) is 4.79 Å². The Balaban J connectivity index is 1.95. The van der Waals surface area contributed by atoms with Gasteiger partial charge in [0.2, 0.25) is 5.91 Å². The van der Waals surface area contributed by atoms with E-state index in [-0.39, 0.29) is 24.1 Å². The van der Waals surface area contributed by atoms with Crippen LogP contribution < -0.4 is 15.4 Å². The van der Waals surface area contributed by atoms with E-state index in [9.17, 15) is 4.79 Å². The molecule has 0 saturated carbocycles. The molecular formula is C16H24N2O3. The van der Waals surface area contributed by atoms with E-state index in [1.807, 2.05) is 45.0 Å². The molecule has 1 aliphatic rings. The maximum atomic E-state index is 12.2. The minimum absolute atomic E-state index is 0.0302. The molecule has 1 heterocycles. The number of hydrogen-bond donors (Lipinski definition) is 2. The third-order valence-corrected chi connectivity index (χ3v) is 3.33. The van der Waals surface area contributed by atoms with Crippen LogP contribution >= 0.6 is 0 Å². The average molecular weight is 292 g/mol. The van der Waals surface area contributed by atoms with E-state index < -0.39 is 0 Å². The summed E-state index contributed by atoms with van der Waals surface area (Å²) in [5.41, 5.74) is 1.03. The minimum atomic E-state index is -0.267. The van der Waals surface area contributed by atoms with Crippen LogP contribution in [0.5, 0.6) is 5.75 Å².